The van der Waals surface area contributed by atoms with E-state index in [1.165, 1.54) is 16.7 Å². The number of nitrogens with zero attached hydrogens (tertiary/aromatic N) is 4. The molecule has 0 spiro atoms. The largest absolute Gasteiger partial charge is 0.367 e. The number of pyridine rings is 1. The molecule has 43 heavy (non-hydrogen) atoms. The van der Waals surface area contributed by atoms with Gasteiger partial charge in [0.15, 0.2) is 9.84 Å². The topological polar surface area (TPSA) is 109 Å². The Labute approximate surface area is 252 Å². The smallest absolute Gasteiger partial charge is 0.260 e. The molecule has 0 radical (unpaired) electrons. The van der Waals surface area contributed by atoms with Crippen molar-refractivity contribution >= 4 is 49.8 Å². The van der Waals surface area contributed by atoms with Crippen molar-refractivity contribution in [1.29, 1.82) is 0 Å². The van der Waals surface area contributed by atoms with Crippen LogP contribution in [0.3, 0.4) is 0 Å². The Morgan fingerprint density at radius 3 is 2.49 bits per heavy atom. The number of halogens is 2. The number of nitrogens with one attached hydrogen (secondary N) is 2. The van der Waals surface area contributed by atoms with Crippen LogP contribution in [0.15, 0.2) is 88.7 Å². The molecule has 0 bridgehead atoms. The van der Waals surface area contributed by atoms with Gasteiger partial charge in [0.05, 0.1) is 17.1 Å². The molecule has 1 aliphatic heterocycles. The van der Waals surface area contributed by atoms with Gasteiger partial charge in [-0.25, -0.2) is 17.8 Å². The molecule has 0 aliphatic carbocycles. The van der Waals surface area contributed by atoms with Gasteiger partial charge in [0, 0.05) is 65.9 Å². The zero-order valence-corrected chi connectivity index (χ0v) is 24.8. The second-order valence-electron chi connectivity index (χ2n) is 10.3. The summed E-state index contributed by atoms with van der Waals surface area (Å²) in [4.78, 5) is 25.2. The second kappa shape index (κ2) is 11.8. The van der Waals surface area contributed by atoms with Gasteiger partial charge >= 0.3 is 0 Å². The van der Waals surface area contributed by atoms with Gasteiger partial charge in [-0.1, -0.05) is 48.0 Å². The molecule has 5 aromatic rings. The number of piperazine rings is 1. The van der Waals surface area contributed by atoms with Crippen LogP contribution in [0.4, 0.5) is 21.7 Å². The van der Waals surface area contributed by atoms with E-state index in [4.69, 9.17) is 11.6 Å². The fourth-order valence-corrected chi connectivity index (χ4v) is 6.45. The Hall–Kier alpha value is -4.32. The van der Waals surface area contributed by atoms with Crippen molar-refractivity contribution in [2.45, 2.75) is 11.4 Å². The first-order valence-electron chi connectivity index (χ1n) is 13.6. The Morgan fingerprint density at radius 2 is 1.74 bits per heavy atom. The number of fused-ring (bicyclic) bond motifs is 1. The van der Waals surface area contributed by atoms with Crippen molar-refractivity contribution < 1.29 is 12.8 Å². The van der Waals surface area contributed by atoms with Crippen LogP contribution in [0.25, 0.3) is 22.2 Å². The highest BCUT2D eigenvalue weighted by atomic mass is 35.5. The van der Waals surface area contributed by atoms with Gasteiger partial charge in [0.1, 0.15) is 11.5 Å². The van der Waals surface area contributed by atoms with Gasteiger partial charge in [0.2, 0.25) is 5.95 Å². The molecule has 220 valence electrons. The second-order valence-corrected chi connectivity index (χ2v) is 12.7. The van der Waals surface area contributed by atoms with Gasteiger partial charge in [-0.3, -0.25) is 9.36 Å². The molecule has 6 rings (SSSR count). The normalized spacial score (nSPS) is 13.8. The van der Waals surface area contributed by atoms with Crippen molar-refractivity contribution in [2.75, 3.05) is 42.7 Å². The lowest BCUT2D eigenvalue weighted by Gasteiger charge is -2.29. The predicted molar refractivity (Wildman–Crippen MR) is 168 cm³/mol. The standard InChI is InChI=1S/C31H28ClFN6O3S/c1-43(41,42)28-9-5-2-6-20(28)19-39-29-21(16-24(30(39)40)23-7-3-4-8-25(23)32)18-35-31(37-29)36-22-10-11-27(26(33)17-22)38-14-12-34-13-15-38/h2-11,16-18,34H,12-15,19H2,1H3,(H,35,36,37). The van der Waals surface area contributed by atoms with E-state index in [2.05, 4.69) is 20.6 Å². The first kappa shape index (κ1) is 28.8. The Bertz CT molecular complexity index is 2010. The summed E-state index contributed by atoms with van der Waals surface area (Å²) in [6.07, 6.45) is 2.69. The Kier molecular flexibility index (Phi) is 7.87. The van der Waals surface area contributed by atoms with E-state index >= 15 is 4.39 Å². The minimum atomic E-state index is -3.58. The van der Waals surface area contributed by atoms with Crippen molar-refractivity contribution in [1.82, 2.24) is 19.9 Å². The van der Waals surface area contributed by atoms with Gasteiger partial charge in [-0.2, -0.15) is 4.98 Å². The highest BCUT2D eigenvalue weighted by Gasteiger charge is 2.20. The summed E-state index contributed by atoms with van der Waals surface area (Å²) < 4.78 is 41.6. The maximum absolute atomic E-state index is 15.1. The Balaban J connectivity index is 1.45. The highest BCUT2D eigenvalue weighted by Crippen LogP contribution is 2.29. The average Bonchev–Trinajstić information content (AvgIpc) is 2.99. The highest BCUT2D eigenvalue weighted by molar-refractivity contribution is 7.90. The fourth-order valence-electron chi connectivity index (χ4n) is 5.28. The summed E-state index contributed by atoms with van der Waals surface area (Å²) in [5, 5.41) is 7.24. The minimum absolute atomic E-state index is 0.0681. The van der Waals surface area contributed by atoms with Crippen LogP contribution >= 0.6 is 11.6 Å². The number of hydrogen-bond acceptors (Lipinski definition) is 8. The molecule has 0 atom stereocenters. The van der Waals surface area contributed by atoms with E-state index in [1.807, 2.05) is 4.90 Å². The SMILES string of the molecule is CS(=O)(=O)c1ccccc1Cn1c(=O)c(-c2ccccc2Cl)cc2cnc(Nc3ccc(N4CCNCC4)c(F)c3)nc21. The van der Waals surface area contributed by atoms with Crippen molar-refractivity contribution in [3.05, 3.63) is 106 Å². The van der Waals surface area contributed by atoms with E-state index in [0.29, 0.717) is 51.6 Å². The summed E-state index contributed by atoms with van der Waals surface area (Å²) in [6.45, 7) is 2.94. The molecule has 3 heterocycles. The third-order valence-corrected chi connectivity index (χ3v) is 8.88. The van der Waals surface area contributed by atoms with Gasteiger partial charge in [-0.05, 0) is 42.0 Å². The molecule has 3 aromatic carbocycles. The first-order chi connectivity index (χ1) is 20.7. The van der Waals surface area contributed by atoms with E-state index < -0.39 is 15.4 Å². The molecule has 1 fully saturated rings. The van der Waals surface area contributed by atoms with Gasteiger partial charge < -0.3 is 15.5 Å². The molecule has 2 N–H and O–H groups in total. The lowest BCUT2D eigenvalue weighted by atomic mass is 10.1. The molecular formula is C31H28ClFN6O3S. The van der Waals surface area contributed by atoms with E-state index in [-0.39, 0.29) is 28.9 Å². The summed E-state index contributed by atoms with van der Waals surface area (Å²) >= 11 is 6.46. The quantitative estimate of drug-likeness (QED) is 0.266. The molecule has 0 unspecified atom stereocenters. The third kappa shape index (κ3) is 5.96. The van der Waals surface area contributed by atoms with Crippen LogP contribution in [-0.2, 0) is 16.4 Å². The maximum atomic E-state index is 15.1. The number of rotatable bonds is 7. The number of anilines is 3. The molecule has 1 aliphatic rings. The number of hydrogen-bond donors (Lipinski definition) is 2. The number of benzene rings is 3. The summed E-state index contributed by atoms with van der Waals surface area (Å²) in [6, 6.07) is 20.1. The summed E-state index contributed by atoms with van der Waals surface area (Å²) in [7, 11) is -3.58. The van der Waals surface area contributed by atoms with Crippen LogP contribution in [-0.4, -0.2) is 55.4 Å². The third-order valence-electron chi connectivity index (χ3n) is 7.35. The Morgan fingerprint density at radius 1 is 1.00 bits per heavy atom. The average molecular weight is 619 g/mol. The predicted octanol–water partition coefficient (Wildman–Crippen LogP) is 4.86. The van der Waals surface area contributed by atoms with E-state index in [1.54, 1.807) is 66.9 Å². The molecule has 0 amide bonds. The molecule has 0 saturated carbocycles. The van der Waals surface area contributed by atoms with E-state index in [0.717, 1.165) is 19.3 Å². The van der Waals surface area contributed by atoms with Crippen molar-refractivity contribution in [3.63, 3.8) is 0 Å². The molecule has 1 saturated heterocycles. The zero-order chi connectivity index (χ0) is 30.1. The summed E-state index contributed by atoms with van der Waals surface area (Å²) in [5.41, 5.74) is 2.13. The minimum Gasteiger partial charge on any atom is -0.367 e. The van der Waals surface area contributed by atoms with Gasteiger partial charge in [0.25, 0.3) is 5.56 Å². The summed E-state index contributed by atoms with van der Waals surface area (Å²) in [5.74, 6) is -0.219. The maximum Gasteiger partial charge on any atom is 0.260 e. The number of aromatic nitrogens is 3. The zero-order valence-electron chi connectivity index (χ0n) is 23.2. The van der Waals surface area contributed by atoms with Gasteiger partial charge in [-0.15, -0.1) is 0 Å². The van der Waals surface area contributed by atoms with Crippen LogP contribution in [0.2, 0.25) is 5.02 Å². The lowest BCUT2D eigenvalue weighted by molar-refractivity contribution is 0.566. The molecular weight excluding hydrogens is 591 g/mol. The lowest BCUT2D eigenvalue weighted by Crippen LogP contribution is -2.43. The number of sulfone groups is 1. The molecule has 2 aromatic heterocycles. The van der Waals surface area contributed by atoms with Crippen LogP contribution < -0.4 is 21.1 Å². The van der Waals surface area contributed by atoms with Crippen LogP contribution in [0.1, 0.15) is 5.56 Å². The van der Waals surface area contributed by atoms with Crippen molar-refractivity contribution in [3.8, 4) is 11.1 Å². The molecule has 9 nitrogen and oxygen atoms in total. The van der Waals surface area contributed by atoms with Crippen LogP contribution in [0.5, 0.6) is 0 Å². The fraction of sp³-hybridized carbons (Fsp3) is 0.194. The van der Waals surface area contributed by atoms with Crippen molar-refractivity contribution in [2.24, 2.45) is 0 Å². The van der Waals surface area contributed by atoms with Crippen LogP contribution in [0, 0.1) is 5.82 Å². The first-order valence-corrected chi connectivity index (χ1v) is 15.9. The van der Waals surface area contributed by atoms with E-state index in [9.17, 15) is 13.2 Å². The molecule has 12 heteroatoms. The monoisotopic (exact) mass is 618 g/mol.